The van der Waals surface area contributed by atoms with Crippen LogP contribution >= 0.6 is 11.6 Å². The van der Waals surface area contributed by atoms with Gasteiger partial charge < -0.3 is 9.72 Å². The standard InChI is InChI=1S/C23H17ClN4O/c1-29-18-11-12-20-21(13-18)26-23(25-20)19-14-28(17-5-3-2-4-6-17)27-22(19)15-7-9-16(24)10-8-15/h2-14H,1H3,(H,25,26). The van der Waals surface area contributed by atoms with Crippen molar-refractivity contribution in [2.24, 2.45) is 0 Å². The third kappa shape index (κ3) is 3.26. The van der Waals surface area contributed by atoms with E-state index in [0.29, 0.717) is 5.02 Å². The molecule has 1 N–H and O–H groups in total. The molecule has 0 fully saturated rings. The number of ether oxygens (including phenoxy) is 1. The van der Waals surface area contributed by atoms with E-state index in [-0.39, 0.29) is 0 Å². The first-order valence-electron chi connectivity index (χ1n) is 9.16. The smallest absolute Gasteiger partial charge is 0.142 e. The predicted octanol–water partition coefficient (Wildman–Crippen LogP) is 5.74. The van der Waals surface area contributed by atoms with Gasteiger partial charge in [0.25, 0.3) is 0 Å². The summed E-state index contributed by atoms with van der Waals surface area (Å²) in [6.07, 6.45) is 1.99. The van der Waals surface area contributed by atoms with Crippen molar-refractivity contribution in [3.63, 3.8) is 0 Å². The van der Waals surface area contributed by atoms with Crippen LogP contribution in [0.5, 0.6) is 5.75 Å². The van der Waals surface area contributed by atoms with Gasteiger partial charge >= 0.3 is 0 Å². The van der Waals surface area contributed by atoms with Gasteiger partial charge in [0.05, 0.1) is 29.4 Å². The minimum absolute atomic E-state index is 0.689. The van der Waals surface area contributed by atoms with E-state index >= 15 is 0 Å². The van der Waals surface area contributed by atoms with Crippen molar-refractivity contribution < 1.29 is 4.74 Å². The second-order valence-electron chi connectivity index (χ2n) is 6.65. The maximum absolute atomic E-state index is 6.08. The molecule has 0 unspecified atom stereocenters. The molecular formula is C23H17ClN4O. The van der Waals surface area contributed by atoms with Crippen molar-refractivity contribution in [3.8, 4) is 34.1 Å². The molecule has 3 aromatic carbocycles. The van der Waals surface area contributed by atoms with Crippen LogP contribution in [-0.2, 0) is 0 Å². The molecule has 0 aliphatic heterocycles. The van der Waals surface area contributed by atoms with Gasteiger partial charge in [0.15, 0.2) is 0 Å². The Morgan fingerprint density at radius 1 is 0.966 bits per heavy atom. The Labute approximate surface area is 172 Å². The minimum atomic E-state index is 0.689. The zero-order valence-electron chi connectivity index (χ0n) is 15.6. The van der Waals surface area contributed by atoms with Crippen LogP contribution in [0.1, 0.15) is 0 Å². The highest BCUT2D eigenvalue weighted by Crippen LogP contribution is 2.33. The minimum Gasteiger partial charge on any atom is -0.497 e. The maximum atomic E-state index is 6.08. The summed E-state index contributed by atoms with van der Waals surface area (Å²) in [5, 5.41) is 5.54. The fraction of sp³-hybridized carbons (Fsp3) is 0.0435. The van der Waals surface area contributed by atoms with Gasteiger partial charge in [-0.05, 0) is 36.4 Å². The summed E-state index contributed by atoms with van der Waals surface area (Å²) in [7, 11) is 1.65. The molecule has 5 rings (SSSR count). The Bertz CT molecular complexity index is 1290. The summed E-state index contributed by atoms with van der Waals surface area (Å²) in [4.78, 5) is 8.18. The molecule has 0 saturated carbocycles. The molecule has 0 aliphatic carbocycles. The number of fused-ring (bicyclic) bond motifs is 1. The summed E-state index contributed by atoms with van der Waals surface area (Å²) in [6.45, 7) is 0. The first-order valence-corrected chi connectivity index (χ1v) is 9.54. The molecule has 0 atom stereocenters. The number of rotatable bonds is 4. The van der Waals surface area contributed by atoms with E-state index in [0.717, 1.165) is 45.1 Å². The van der Waals surface area contributed by atoms with Crippen molar-refractivity contribution in [1.82, 2.24) is 19.7 Å². The normalized spacial score (nSPS) is 11.1. The Kier molecular flexibility index (Phi) is 4.30. The summed E-state index contributed by atoms with van der Waals surface area (Å²) in [5.41, 5.74) is 5.47. The lowest BCUT2D eigenvalue weighted by Crippen LogP contribution is -1.93. The summed E-state index contributed by atoms with van der Waals surface area (Å²) in [5.74, 6) is 1.53. The Balaban J connectivity index is 1.70. The highest BCUT2D eigenvalue weighted by atomic mass is 35.5. The van der Waals surface area contributed by atoms with Crippen molar-refractivity contribution in [2.75, 3.05) is 7.11 Å². The van der Waals surface area contributed by atoms with Gasteiger partial charge in [-0.1, -0.05) is 41.9 Å². The number of hydrogen-bond acceptors (Lipinski definition) is 3. The van der Waals surface area contributed by atoms with Crippen LogP contribution in [0, 0.1) is 0 Å². The van der Waals surface area contributed by atoms with Crippen LogP contribution < -0.4 is 4.74 Å². The van der Waals surface area contributed by atoms with E-state index in [9.17, 15) is 0 Å². The Morgan fingerprint density at radius 3 is 2.52 bits per heavy atom. The van der Waals surface area contributed by atoms with Crippen LogP contribution in [0.2, 0.25) is 5.02 Å². The Morgan fingerprint density at radius 2 is 1.76 bits per heavy atom. The van der Waals surface area contributed by atoms with Gasteiger partial charge in [0.2, 0.25) is 0 Å². The lowest BCUT2D eigenvalue weighted by Gasteiger charge is -2.01. The molecule has 5 aromatic rings. The van der Waals surface area contributed by atoms with Crippen LogP contribution in [-0.4, -0.2) is 26.9 Å². The SMILES string of the molecule is COc1ccc2nc(-c3cn(-c4ccccc4)nc3-c3ccc(Cl)cc3)[nH]c2c1. The second-order valence-corrected chi connectivity index (χ2v) is 7.08. The van der Waals surface area contributed by atoms with E-state index in [1.165, 1.54) is 0 Å². The molecule has 2 aromatic heterocycles. The predicted molar refractivity (Wildman–Crippen MR) is 116 cm³/mol. The van der Waals surface area contributed by atoms with Crippen LogP contribution in [0.25, 0.3) is 39.4 Å². The number of nitrogens with zero attached hydrogens (tertiary/aromatic N) is 3. The molecule has 0 spiro atoms. The van der Waals surface area contributed by atoms with Gasteiger partial charge in [0, 0.05) is 22.8 Å². The van der Waals surface area contributed by atoms with Crippen molar-refractivity contribution in [2.45, 2.75) is 0 Å². The zero-order valence-corrected chi connectivity index (χ0v) is 16.4. The lowest BCUT2D eigenvalue weighted by molar-refractivity contribution is 0.415. The molecule has 29 heavy (non-hydrogen) atoms. The van der Waals surface area contributed by atoms with Crippen molar-refractivity contribution >= 4 is 22.6 Å². The van der Waals surface area contributed by atoms with Gasteiger partial charge in [-0.25, -0.2) is 9.67 Å². The van der Waals surface area contributed by atoms with E-state index in [2.05, 4.69) is 4.98 Å². The van der Waals surface area contributed by atoms with Gasteiger partial charge in [0.1, 0.15) is 17.3 Å². The van der Waals surface area contributed by atoms with Gasteiger partial charge in [-0.3, -0.25) is 0 Å². The molecule has 0 saturated heterocycles. The van der Waals surface area contributed by atoms with E-state index in [4.69, 9.17) is 26.4 Å². The lowest BCUT2D eigenvalue weighted by atomic mass is 10.1. The fourth-order valence-electron chi connectivity index (χ4n) is 3.32. The molecule has 6 heteroatoms. The number of benzene rings is 3. The molecule has 0 radical (unpaired) electrons. The van der Waals surface area contributed by atoms with E-state index in [1.807, 2.05) is 83.7 Å². The topological polar surface area (TPSA) is 55.7 Å². The third-order valence-corrected chi connectivity index (χ3v) is 5.05. The van der Waals surface area contributed by atoms with Crippen LogP contribution in [0.4, 0.5) is 0 Å². The van der Waals surface area contributed by atoms with Crippen molar-refractivity contribution in [3.05, 3.63) is 84.0 Å². The zero-order chi connectivity index (χ0) is 19.8. The second kappa shape index (κ2) is 7.11. The number of imidazole rings is 1. The molecule has 5 nitrogen and oxygen atoms in total. The molecule has 2 heterocycles. The highest BCUT2D eigenvalue weighted by Gasteiger charge is 2.17. The monoisotopic (exact) mass is 400 g/mol. The van der Waals surface area contributed by atoms with Crippen LogP contribution in [0.3, 0.4) is 0 Å². The number of H-pyrrole nitrogens is 1. The third-order valence-electron chi connectivity index (χ3n) is 4.80. The number of methoxy groups -OCH3 is 1. The molecule has 0 aliphatic rings. The number of para-hydroxylation sites is 1. The van der Waals surface area contributed by atoms with Crippen molar-refractivity contribution in [1.29, 1.82) is 0 Å². The molecular weight excluding hydrogens is 384 g/mol. The summed E-state index contributed by atoms with van der Waals surface area (Å²) < 4.78 is 7.19. The first-order chi connectivity index (χ1) is 14.2. The van der Waals surface area contributed by atoms with Gasteiger partial charge in [-0.15, -0.1) is 0 Å². The number of nitrogens with one attached hydrogen (secondary N) is 1. The quantitative estimate of drug-likeness (QED) is 0.418. The number of halogens is 1. The van der Waals surface area contributed by atoms with Crippen LogP contribution in [0.15, 0.2) is 79.0 Å². The Hall–Kier alpha value is -3.57. The van der Waals surface area contributed by atoms with E-state index < -0.39 is 0 Å². The highest BCUT2D eigenvalue weighted by molar-refractivity contribution is 6.30. The molecule has 142 valence electrons. The van der Waals surface area contributed by atoms with Gasteiger partial charge in [-0.2, -0.15) is 5.10 Å². The average molecular weight is 401 g/mol. The van der Waals surface area contributed by atoms with E-state index in [1.54, 1.807) is 7.11 Å². The average Bonchev–Trinajstić information content (AvgIpc) is 3.38. The largest absolute Gasteiger partial charge is 0.497 e. The first kappa shape index (κ1) is 17.5. The number of aromatic nitrogens is 4. The maximum Gasteiger partial charge on any atom is 0.142 e. The number of hydrogen-bond donors (Lipinski definition) is 1. The molecule has 0 amide bonds. The summed E-state index contributed by atoms with van der Waals surface area (Å²) >= 11 is 6.08. The fourth-order valence-corrected chi connectivity index (χ4v) is 3.45. The summed E-state index contributed by atoms with van der Waals surface area (Å²) in [6, 6.07) is 23.5. The number of aromatic amines is 1. The molecule has 0 bridgehead atoms.